The Morgan fingerprint density at radius 2 is 0.726 bits per heavy atom. The monoisotopic (exact) mass is 861 g/mol. The lowest BCUT2D eigenvalue weighted by Gasteiger charge is -2.18. The van der Waals surface area contributed by atoms with Crippen LogP contribution in [0.5, 0.6) is 0 Å². The van der Waals surface area contributed by atoms with E-state index in [1.807, 2.05) is 0 Å². The summed E-state index contributed by atoms with van der Waals surface area (Å²) in [5.74, 6) is -0.450. The van der Waals surface area contributed by atoms with Crippen LogP contribution >= 0.6 is 0 Å². The van der Waals surface area contributed by atoms with Gasteiger partial charge < -0.3 is 14.2 Å². The molecule has 0 rings (SSSR count). The second-order valence-corrected chi connectivity index (χ2v) is 16.7. The van der Waals surface area contributed by atoms with Crippen molar-refractivity contribution in [3.05, 3.63) is 97.2 Å². The summed E-state index contributed by atoms with van der Waals surface area (Å²) in [5, 5.41) is 0. The summed E-state index contributed by atoms with van der Waals surface area (Å²) in [4.78, 5) is 25.4. The first kappa shape index (κ1) is 58.8. The second-order valence-electron chi connectivity index (χ2n) is 16.7. The fraction of sp³-hybridized carbons (Fsp3) is 0.684. The Balaban J connectivity index is 4.37. The van der Waals surface area contributed by atoms with Crippen LogP contribution in [0.25, 0.3) is 0 Å². The van der Waals surface area contributed by atoms with Gasteiger partial charge in [-0.3, -0.25) is 9.59 Å². The van der Waals surface area contributed by atoms with Crippen LogP contribution in [0.3, 0.4) is 0 Å². The Morgan fingerprint density at radius 3 is 1.18 bits per heavy atom. The van der Waals surface area contributed by atoms with Crippen molar-refractivity contribution >= 4 is 11.9 Å². The predicted octanol–water partition coefficient (Wildman–Crippen LogP) is 17.5. The average molecular weight is 861 g/mol. The van der Waals surface area contributed by atoms with Crippen LogP contribution in [0.4, 0.5) is 0 Å². The summed E-state index contributed by atoms with van der Waals surface area (Å²) in [6.07, 6.45) is 69.8. The van der Waals surface area contributed by atoms with Crippen LogP contribution in [-0.2, 0) is 23.8 Å². The number of rotatable bonds is 46. The first-order valence-corrected chi connectivity index (χ1v) is 25.8. The van der Waals surface area contributed by atoms with Crippen LogP contribution in [0.15, 0.2) is 97.2 Å². The van der Waals surface area contributed by atoms with Gasteiger partial charge in [0.1, 0.15) is 6.61 Å². The molecular formula is C57H96O5. The minimum atomic E-state index is -0.567. The average Bonchev–Trinajstić information content (AvgIpc) is 3.27. The third-order valence-electron chi connectivity index (χ3n) is 10.6. The standard InChI is InChI=1S/C57H96O5/c1-4-7-10-13-16-19-22-25-28-29-31-32-35-38-41-44-47-50-56(58)61-54-55(53-60-52-49-46-43-40-37-34-27-24-21-18-15-12-9-6-3)62-57(59)51-48-45-42-39-36-33-30-26-23-20-17-14-11-8-5-2/h7,9-10,12,16,18-19,21,25-28,30-32,34,55H,4-6,8,11,13-15,17,20,22-24,29,33,35-54H2,1-3H3/b10-7-,12-9-,19-16-,21-18-,28-25-,30-26-,32-31-,34-27-. The summed E-state index contributed by atoms with van der Waals surface area (Å²) in [6, 6.07) is 0. The van der Waals surface area contributed by atoms with Gasteiger partial charge in [0.2, 0.25) is 0 Å². The maximum absolute atomic E-state index is 12.8. The van der Waals surface area contributed by atoms with Gasteiger partial charge in [-0.2, -0.15) is 0 Å². The number of ether oxygens (including phenoxy) is 3. The highest BCUT2D eigenvalue weighted by Crippen LogP contribution is 2.13. The third-order valence-corrected chi connectivity index (χ3v) is 10.6. The van der Waals surface area contributed by atoms with Crippen molar-refractivity contribution in [3.8, 4) is 0 Å². The van der Waals surface area contributed by atoms with Crippen molar-refractivity contribution in [2.24, 2.45) is 0 Å². The van der Waals surface area contributed by atoms with Crippen molar-refractivity contribution in [2.45, 2.75) is 232 Å². The lowest BCUT2D eigenvalue weighted by atomic mass is 10.1. The molecule has 5 heteroatoms. The van der Waals surface area contributed by atoms with E-state index in [0.717, 1.165) is 122 Å². The van der Waals surface area contributed by atoms with Crippen molar-refractivity contribution in [2.75, 3.05) is 19.8 Å². The summed E-state index contributed by atoms with van der Waals surface area (Å²) in [5.41, 5.74) is 0. The van der Waals surface area contributed by atoms with Crippen molar-refractivity contribution in [1.82, 2.24) is 0 Å². The highest BCUT2D eigenvalue weighted by atomic mass is 16.6. The summed E-state index contributed by atoms with van der Waals surface area (Å²) < 4.78 is 17.4. The van der Waals surface area contributed by atoms with Crippen LogP contribution in [0.2, 0.25) is 0 Å². The molecule has 1 atom stereocenters. The molecule has 0 fully saturated rings. The van der Waals surface area contributed by atoms with Crippen LogP contribution < -0.4 is 0 Å². The predicted molar refractivity (Wildman–Crippen MR) is 270 cm³/mol. The van der Waals surface area contributed by atoms with Crippen LogP contribution in [0, 0.1) is 0 Å². The number of hydrogen-bond donors (Lipinski definition) is 0. The lowest BCUT2D eigenvalue weighted by molar-refractivity contribution is -0.163. The molecule has 0 heterocycles. The van der Waals surface area contributed by atoms with Gasteiger partial charge in [0.05, 0.1) is 6.61 Å². The fourth-order valence-electron chi connectivity index (χ4n) is 6.80. The molecule has 0 aromatic carbocycles. The van der Waals surface area contributed by atoms with Crippen LogP contribution in [0.1, 0.15) is 226 Å². The number of carbonyl (C=O) groups is 2. The summed E-state index contributed by atoms with van der Waals surface area (Å²) in [6.45, 7) is 7.51. The van der Waals surface area contributed by atoms with Gasteiger partial charge in [0.25, 0.3) is 0 Å². The van der Waals surface area contributed by atoms with Crippen molar-refractivity contribution in [1.29, 1.82) is 0 Å². The minimum absolute atomic E-state index is 0.0553. The minimum Gasteiger partial charge on any atom is -0.462 e. The molecule has 0 aromatic heterocycles. The molecule has 0 amide bonds. The van der Waals surface area contributed by atoms with Gasteiger partial charge in [-0.15, -0.1) is 0 Å². The number of carbonyl (C=O) groups excluding carboxylic acids is 2. The Morgan fingerprint density at radius 1 is 0.371 bits per heavy atom. The first-order valence-electron chi connectivity index (χ1n) is 25.8. The molecule has 0 radical (unpaired) electrons. The lowest BCUT2D eigenvalue weighted by Crippen LogP contribution is -2.30. The molecule has 0 aliphatic rings. The molecule has 354 valence electrons. The molecular weight excluding hydrogens is 765 g/mol. The number of unbranched alkanes of at least 4 members (excludes halogenated alkanes) is 19. The largest absolute Gasteiger partial charge is 0.462 e. The van der Waals surface area contributed by atoms with E-state index in [4.69, 9.17) is 14.2 Å². The zero-order valence-corrected chi connectivity index (χ0v) is 40.6. The third kappa shape index (κ3) is 49.5. The first-order chi connectivity index (χ1) is 30.6. The van der Waals surface area contributed by atoms with E-state index in [2.05, 4.69) is 118 Å². The molecule has 0 aromatic rings. The van der Waals surface area contributed by atoms with E-state index in [0.29, 0.717) is 19.4 Å². The van der Waals surface area contributed by atoms with E-state index < -0.39 is 6.10 Å². The van der Waals surface area contributed by atoms with Crippen LogP contribution in [-0.4, -0.2) is 37.9 Å². The smallest absolute Gasteiger partial charge is 0.306 e. The molecule has 5 nitrogen and oxygen atoms in total. The zero-order chi connectivity index (χ0) is 44.9. The van der Waals surface area contributed by atoms with Crippen molar-refractivity contribution in [3.63, 3.8) is 0 Å². The molecule has 0 aliphatic heterocycles. The molecule has 62 heavy (non-hydrogen) atoms. The zero-order valence-electron chi connectivity index (χ0n) is 40.6. The Labute approximate surface area is 383 Å². The molecule has 0 saturated heterocycles. The molecule has 0 aliphatic carbocycles. The SMILES string of the molecule is CC/C=C\C/C=C\C/C=C\C/C=C\CCCCCCC(=O)OCC(COCCCCCC/C=C\C/C=C\C/C=C\CC)OC(=O)CCCCCCC/C=C\CCCCCCCC. The molecule has 0 saturated carbocycles. The van der Waals surface area contributed by atoms with Gasteiger partial charge in [-0.05, 0) is 116 Å². The molecule has 0 bridgehead atoms. The Bertz CT molecular complexity index is 1200. The maximum atomic E-state index is 12.8. The van der Waals surface area contributed by atoms with E-state index in [1.54, 1.807) is 0 Å². The highest BCUT2D eigenvalue weighted by molar-refractivity contribution is 5.70. The summed E-state index contributed by atoms with van der Waals surface area (Å²) >= 11 is 0. The summed E-state index contributed by atoms with van der Waals surface area (Å²) in [7, 11) is 0. The highest BCUT2D eigenvalue weighted by Gasteiger charge is 2.17. The van der Waals surface area contributed by atoms with E-state index in [9.17, 15) is 9.59 Å². The van der Waals surface area contributed by atoms with E-state index >= 15 is 0 Å². The molecule has 0 N–H and O–H groups in total. The normalized spacial score (nSPS) is 13.0. The maximum Gasteiger partial charge on any atom is 0.306 e. The van der Waals surface area contributed by atoms with Crippen molar-refractivity contribution < 1.29 is 23.8 Å². The van der Waals surface area contributed by atoms with Gasteiger partial charge in [0, 0.05) is 19.4 Å². The quantitative estimate of drug-likeness (QED) is 0.0347. The molecule has 1 unspecified atom stereocenters. The van der Waals surface area contributed by atoms with Gasteiger partial charge in [0.15, 0.2) is 6.10 Å². The van der Waals surface area contributed by atoms with E-state index in [1.165, 1.54) is 70.6 Å². The van der Waals surface area contributed by atoms with Gasteiger partial charge in [-0.1, -0.05) is 195 Å². The Kier molecular flexibility index (Phi) is 49.5. The number of hydrogen-bond acceptors (Lipinski definition) is 5. The van der Waals surface area contributed by atoms with E-state index in [-0.39, 0.29) is 25.2 Å². The van der Waals surface area contributed by atoms with Gasteiger partial charge in [-0.25, -0.2) is 0 Å². The molecule has 0 spiro atoms. The Hall–Kier alpha value is -3.18. The fourth-order valence-corrected chi connectivity index (χ4v) is 6.80. The topological polar surface area (TPSA) is 61.8 Å². The van der Waals surface area contributed by atoms with Gasteiger partial charge >= 0.3 is 11.9 Å². The number of allylic oxidation sites excluding steroid dienone is 16. The number of esters is 2. The second kappa shape index (κ2) is 52.2.